The van der Waals surface area contributed by atoms with Crippen molar-refractivity contribution in [2.45, 2.75) is 63.9 Å². The van der Waals surface area contributed by atoms with Crippen LogP contribution in [0.25, 0.3) is 0 Å². The smallest absolute Gasteiger partial charge is 0.134 e. The van der Waals surface area contributed by atoms with Crippen LogP contribution in [-0.4, -0.2) is 27.2 Å². The molecule has 112 valence electrons. The fourth-order valence-electron chi connectivity index (χ4n) is 2.89. The van der Waals surface area contributed by atoms with E-state index in [0.717, 1.165) is 49.9 Å². The normalized spacial score (nSPS) is 18.5. The van der Waals surface area contributed by atoms with Crippen molar-refractivity contribution in [3.8, 4) is 0 Å². The van der Waals surface area contributed by atoms with Crippen LogP contribution in [0.3, 0.4) is 0 Å². The van der Waals surface area contributed by atoms with E-state index in [2.05, 4.69) is 22.2 Å². The molecule has 2 rings (SSSR count). The van der Waals surface area contributed by atoms with Crippen molar-refractivity contribution in [2.75, 3.05) is 17.6 Å². The van der Waals surface area contributed by atoms with E-state index in [1.54, 1.807) is 0 Å². The Morgan fingerprint density at radius 2 is 1.95 bits per heavy atom. The van der Waals surface area contributed by atoms with Crippen LogP contribution in [0, 0.1) is 0 Å². The number of nitrogens with two attached hydrogens (primary N) is 1. The molecule has 1 aromatic heterocycles. The van der Waals surface area contributed by atoms with Gasteiger partial charge in [0, 0.05) is 12.1 Å². The van der Waals surface area contributed by atoms with Crippen molar-refractivity contribution in [1.82, 2.24) is 9.97 Å². The molecule has 0 amide bonds. The van der Waals surface area contributed by atoms with Crippen molar-refractivity contribution in [3.63, 3.8) is 0 Å². The van der Waals surface area contributed by atoms with Crippen molar-refractivity contribution in [2.24, 2.45) is 0 Å². The Hall–Kier alpha value is -1.36. The molecule has 4 N–H and O–H groups in total. The predicted molar refractivity (Wildman–Crippen MR) is 81.6 cm³/mol. The first-order valence-corrected chi connectivity index (χ1v) is 7.70. The lowest BCUT2D eigenvalue weighted by atomic mass is 9.94. The summed E-state index contributed by atoms with van der Waals surface area (Å²) in [5.41, 5.74) is 6.27. The van der Waals surface area contributed by atoms with Crippen LogP contribution in [0.2, 0.25) is 0 Å². The number of nitrogens with zero attached hydrogens (tertiary/aromatic N) is 2. The number of aromatic nitrogens is 2. The lowest BCUT2D eigenvalue weighted by molar-refractivity contribution is 0.0380. The highest BCUT2D eigenvalue weighted by molar-refractivity contribution is 5.55. The zero-order chi connectivity index (χ0) is 14.4. The summed E-state index contributed by atoms with van der Waals surface area (Å²) in [5.74, 6) is 1.31. The molecule has 0 bridgehead atoms. The molecule has 0 unspecified atom stereocenters. The summed E-state index contributed by atoms with van der Waals surface area (Å²) in [4.78, 5) is 8.33. The predicted octanol–water partition coefficient (Wildman–Crippen LogP) is 2.51. The Morgan fingerprint density at radius 3 is 2.60 bits per heavy atom. The molecular formula is C15H26N4O. The highest BCUT2D eigenvalue weighted by atomic mass is 16.3. The molecule has 1 aliphatic rings. The van der Waals surface area contributed by atoms with E-state index in [9.17, 15) is 5.11 Å². The van der Waals surface area contributed by atoms with Gasteiger partial charge < -0.3 is 16.2 Å². The lowest BCUT2D eigenvalue weighted by Crippen LogP contribution is -2.36. The minimum Gasteiger partial charge on any atom is -0.388 e. The average Bonchev–Trinajstić information content (AvgIpc) is 2.65. The van der Waals surface area contributed by atoms with Gasteiger partial charge >= 0.3 is 0 Å². The van der Waals surface area contributed by atoms with Crippen LogP contribution >= 0.6 is 0 Å². The van der Waals surface area contributed by atoms with Gasteiger partial charge in [-0.15, -0.1) is 0 Å². The number of nitrogens with one attached hydrogen (secondary N) is 1. The average molecular weight is 278 g/mol. The molecule has 1 saturated carbocycles. The molecule has 0 saturated heterocycles. The van der Waals surface area contributed by atoms with Gasteiger partial charge in [-0.1, -0.05) is 39.0 Å². The van der Waals surface area contributed by atoms with Crippen molar-refractivity contribution in [3.05, 3.63) is 11.9 Å². The van der Waals surface area contributed by atoms with Gasteiger partial charge in [0.15, 0.2) is 0 Å². The lowest BCUT2D eigenvalue weighted by Gasteiger charge is -2.27. The molecule has 0 aromatic carbocycles. The standard InChI is InChI=1S/C15H26N4O/c1-2-7-12-13(16)18-11-19-14(12)17-10-15(20)8-5-3-4-6-9-15/h11,20H,2-10H2,1H3,(H3,16,17,18,19). The largest absolute Gasteiger partial charge is 0.388 e. The summed E-state index contributed by atoms with van der Waals surface area (Å²) in [7, 11) is 0. The molecule has 1 aromatic rings. The zero-order valence-corrected chi connectivity index (χ0v) is 12.4. The van der Waals surface area contributed by atoms with E-state index in [0.29, 0.717) is 12.4 Å². The molecule has 1 aliphatic carbocycles. The zero-order valence-electron chi connectivity index (χ0n) is 12.4. The summed E-state index contributed by atoms with van der Waals surface area (Å²) in [6, 6.07) is 0. The number of aliphatic hydroxyl groups is 1. The first-order chi connectivity index (χ1) is 9.64. The summed E-state index contributed by atoms with van der Waals surface area (Å²) in [6.07, 6.45) is 9.72. The van der Waals surface area contributed by atoms with Gasteiger partial charge in [0.1, 0.15) is 18.0 Å². The second-order valence-electron chi connectivity index (χ2n) is 5.83. The van der Waals surface area contributed by atoms with Crippen LogP contribution in [0.15, 0.2) is 6.33 Å². The van der Waals surface area contributed by atoms with Crippen LogP contribution in [0.4, 0.5) is 11.6 Å². The molecule has 0 radical (unpaired) electrons. The van der Waals surface area contributed by atoms with Crippen LogP contribution < -0.4 is 11.1 Å². The number of hydrogen-bond donors (Lipinski definition) is 3. The van der Waals surface area contributed by atoms with E-state index in [4.69, 9.17) is 5.73 Å². The summed E-state index contributed by atoms with van der Waals surface area (Å²) in [6.45, 7) is 2.65. The Bertz CT molecular complexity index is 428. The van der Waals surface area contributed by atoms with Crippen molar-refractivity contribution < 1.29 is 5.11 Å². The summed E-state index contributed by atoms with van der Waals surface area (Å²) in [5, 5.41) is 14.0. The minimum absolute atomic E-state index is 0.539. The van der Waals surface area contributed by atoms with E-state index >= 15 is 0 Å². The Labute approximate surface area is 121 Å². The van der Waals surface area contributed by atoms with E-state index < -0.39 is 5.60 Å². The quantitative estimate of drug-likeness (QED) is 0.721. The SMILES string of the molecule is CCCc1c(N)ncnc1NCC1(O)CCCCCC1. The Balaban J connectivity index is 2.04. The first kappa shape index (κ1) is 15.0. The van der Waals surface area contributed by atoms with E-state index in [-0.39, 0.29) is 0 Å². The second kappa shape index (κ2) is 6.88. The van der Waals surface area contributed by atoms with Crippen molar-refractivity contribution in [1.29, 1.82) is 0 Å². The number of hydrogen-bond acceptors (Lipinski definition) is 5. The van der Waals surface area contributed by atoms with Gasteiger partial charge in [-0.2, -0.15) is 0 Å². The highest BCUT2D eigenvalue weighted by Crippen LogP contribution is 2.28. The van der Waals surface area contributed by atoms with Crippen LogP contribution in [0.5, 0.6) is 0 Å². The van der Waals surface area contributed by atoms with Gasteiger partial charge in [0.05, 0.1) is 5.60 Å². The summed E-state index contributed by atoms with van der Waals surface area (Å²) >= 11 is 0. The molecule has 0 atom stereocenters. The molecule has 1 heterocycles. The highest BCUT2D eigenvalue weighted by Gasteiger charge is 2.28. The molecule has 20 heavy (non-hydrogen) atoms. The number of rotatable bonds is 5. The van der Waals surface area contributed by atoms with E-state index in [1.165, 1.54) is 19.2 Å². The van der Waals surface area contributed by atoms with Gasteiger partial charge in [-0.3, -0.25) is 0 Å². The van der Waals surface area contributed by atoms with Gasteiger partial charge in [0.2, 0.25) is 0 Å². The van der Waals surface area contributed by atoms with E-state index in [1.807, 2.05) is 0 Å². The maximum atomic E-state index is 10.7. The number of anilines is 2. The molecular weight excluding hydrogens is 252 g/mol. The van der Waals surface area contributed by atoms with Gasteiger partial charge in [-0.05, 0) is 19.3 Å². The molecule has 1 fully saturated rings. The maximum absolute atomic E-state index is 10.7. The Kier molecular flexibility index (Phi) is 5.17. The van der Waals surface area contributed by atoms with Crippen molar-refractivity contribution >= 4 is 11.6 Å². The third-order valence-electron chi connectivity index (χ3n) is 4.10. The molecule has 0 aliphatic heterocycles. The number of nitrogen functional groups attached to an aromatic ring is 1. The second-order valence-corrected chi connectivity index (χ2v) is 5.83. The topological polar surface area (TPSA) is 84.1 Å². The summed E-state index contributed by atoms with van der Waals surface area (Å²) < 4.78 is 0. The van der Waals surface area contributed by atoms with Crippen LogP contribution in [0.1, 0.15) is 57.4 Å². The monoisotopic (exact) mass is 278 g/mol. The third kappa shape index (κ3) is 3.82. The van der Waals surface area contributed by atoms with Gasteiger partial charge in [-0.25, -0.2) is 9.97 Å². The minimum atomic E-state index is -0.611. The maximum Gasteiger partial charge on any atom is 0.134 e. The molecule has 5 heteroatoms. The Morgan fingerprint density at radius 1 is 1.25 bits per heavy atom. The molecule has 0 spiro atoms. The first-order valence-electron chi connectivity index (χ1n) is 7.70. The molecule has 5 nitrogen and oxygen atoms in total. The van der Waals surface area contributed by atoms with Crippen LogP contribution in [-0.2, 0) is 6.42 Å². The third-order valence-corrected chi connectivity index (χ3v) is 4.10. The fraction of sp³-hybridized carbons (Fsp3) is 0.733. The van der Waals surface area contributed by atoms with Gasteiger partial charge in [0.25, 0.3) is 0 Å². The fourth-order valence-corrected chi connectivity index (χ4v) is 2.89.